The zero-order chi connectivity index (χ0) is 17.8. The molecule has 3 heterocycles. The normalized spacial score (nSPS) is 11.4. The van der Waals surface area contributed by atoms with Crippen molar-refractivity contribution < 1.29 is 13.6 Å². The van der Waals surface area contributed by atoms with Crippen LogP contribution in [0.5, 0.6) is 0 Å². The van der Waals surface area contributed by atoms with E-state index in [4.69, 9.17) is 8.83 Å². The molecule has 1 aromatic carbocycles. The number of hydrogen-bond donors (Lipinski definition) is 0. The van der Waals surface area contributed by atoms with E-state index in [9.17, 15) is 4.79 Å². The molecule has 0 saturated carbocycles. The molecule has 4 aromatic rings. The lowest BCUT2D eigenvalue weighted by molar-refractivity contribution is -0.127. The molecule has 0 fully saturated rings. The fourth-order valence-corrected chi connectivity index (χ4v) is 3.47. The summed E-state index contributed by atoms with van der Waals surface area (Å²) in [5, 5.41) is 0.801. The van der Waals surface area contributed by atoms with E-state index in [2.05, 4.69) is 4.98 Å². The van der Waals surface area contributed by atoms with Crippen molar-refractivity contribution in [3.8, 4) is 0 Å². The summed E-state index contributed by atoms with van der Waals surface area (Å²) in [5.74, 6) is 1.31. The van der Waals surface area contributed by atoms with Crippen LogP contribution in [0, 0.1) is 0 Å². The largest absolute Gasteiger partial charge is 0.467 e. The topological polar surface area (TPSA) is 59.5 Å². The smallest absolute Gasteiger partial charge is 0.247 e. The summed E-state index contributed by atoms with van der Waals surface area (Å²) >= 11 is 1.56. The molecule has 0 aliphatic heterocycles. The minimum Gasteiger partial charge on any atom is -0.467 e. The van der Waals surface area contributed by atoms with E-state index in [1.165, 1.54) is 0 Å². The van der Waals surface area contributed by atoms with Crippen LogP contribution in [-0.2, 0) is 17.9 Å². The van der Waals surface area contributed by atoms with Crippen LogP contribution >= 0.6 is 11.3 Å². The van der Waals surface area contributed by atoms with Gasteiger partial charge in [-0.05, 0) is 42.5 Å². The average Bonchev–Trinajstić information content (AvgIpc) is 3.40. The summed E-state index contributed by atoms with van der Waals surface area (Å²) in [6.45, 7) is 0.743. The zero-order valence-electron chi connectivity index (χ0n) is 13.9. The number of fused-ring (bicyclic) bond motifs is 1. The van der Waals surface area contributed by atoms with Gasteiger partial charge in [0.05, 0.1) is 35.8 Å². The number of amides is 1. The number of carbonyl (C=O) groups excluding carboxylic acids is 1. The quantitative estimate of drug-likeness (QED) is 0.464. The average molecular weight is 364 g/mol. The van der Waals surface area contributed by atoms with Crippen LogP contribution in [0.4, 0.5) is 0 Å². The van der Waals surface area contributed by atoms with E-state index in [-0.39, 0.29) is 5.91 Å². The molecule has 0 saturated heterocycles. The third-order valence-corrected chi connectivity index (χ3v) is 4.85. The number of nitrogens with zero attached hydrogens (tertiary/aromatic N) is 2. The van der Waals surface area contributed by atoms with Crippen LogP contribution in [0.3, 0.4) is 0 Å². The van der Waals surface area contributed by atoms with Crippen LogP contribution in [-0.4, -0.2) is 15.8 Å². The van der Waals surface area contributed by atoms with Crippen molar-refractivity contribution in [1.29, 1.82) is 0 Å². The highest BCUT2D eigenvalue weighted by atomic mass is 32.1. The molecule has 0 aliphatic rings. The molecule has 26 heavy (non-hydrogen) atoms. The Labute approximate surface area is 154 Å². The van der Waals surface area contributed by atoms with Gasteiger partial charge in [0.25, 0.3) is 0 Å². The number of aromatic nitrogens is 1. The number of thiazole rings is 1. The number of rotatable bonds is 6. The van der Waals surface area contributed by atoms with Crippen molar-refractivity contribution in [2.45, 2.75) is 13.1 Å². The Hall–Kier alpha value is -3.12. The second kappa shape index (κ2) is 7.41. The van der Waals surface area contributed by atoms with Crippen LogP contribution < -0.4 is 0 Å². The van der Waals surface area contributed by atoms with Gasteiger partial charge in [0, 0.05) is 6.08 Å². The van der Waals surface area contributed by atoms with Gasteiger partial charge in [-0.15, -0.1) is 11.3 Å². The number of hydrogen-bond acceptors (Lipinski definition) is 5. The first kappa shape index (κ1) is 16.4. The standard InChI is InChI=1S/C20H16N2O3S/c23-20(10-9-19-21-17-7-1-2-8-18(17)26-19)22(13-15-5-3-11-24-15)14-16-6-4-12-25-16/h1-12H,13-14H2/b10-9+. The summed E-state index contributed by atoms with van der Waals surface area (Å²) in [4.78, 5) is 18.9. The molecule has 0 spiro atoms. The Morgan fingerprint density at radius 3 is 2.31 bits per heavy atom. The number of carbonyl (C=O) groups is 1. The minimum absolute atomic E-state index is 0.128. The highest BCUT2D eigenvalue weighted by Crippen LogP contribution is 2.22. The highest BCUT2D eigenvalue weighted by Gasteiger charge is 2.15. The van der Waals surface area contributed by atoms with Crippen molar-refractivity contribution >= 4 is 33.5 Å². The molecule has 0 radical (unpaired) electrons. The maximum atomic E-state index is 12.7. The third kappa shape index (κ3) is 3.75. The second-order valence-electron chi connectivity index (χ2n) is 5.71. The number of para-hydroxylation sites is 1. The molecule has 0 bridgehead atoms. The Kier molecular flexibility index (Phi) is 4.66. The molecule has 0 aliphatic carbocycles. The molecular weight excluding hydrogens is 348 g/mol. The molecule has 5 nitrogen and oxygen atoms in total. The molecule has 6 heteroatoms. The minimum atomic E-state index is -0.128. The summed E-state index contributed by atoms with van der Waals surface area (Å²) in [6.07, 6.45) is 6.50. The second-order valence-corrected chi connectivity index (χ2v) is 6.77. The molecule has 4 rings (SSSR count). The monoisotopic (exact) mass is 364 g/mol. The number of furan rings is 2. The predicted octanol–water partition coefficient (Wildman–Crippen LogP) is 4.72. The highest BCUT2D eigenvalue weighted by molar-refractivity contribution is 7.19. The van der Waals surface area contributed by atoms with Gasteiger partial charge in [0.2, 0.25) is 5.91 Å². The Bertz CT molecular complexity index is 947. The van der Waals surface area contributed by atoms with Gasteiger partial charge < -0.3 is 13.7 Å². The maximum absolute atomic E-state index is 12.7. The zero-order valence-corrected chi connectivity index (χ0v) is 14.7. The maximum Gasteiger partial charge on any atom is 0.247 e. The van der Waals surface area contributed by atoms with Crippen LogP contribution in [0.1, 0.15) is 16.5 Å². The summed E-state index contributed by atoms with van der Waals surface area (Å²) in [6, 6.07) is 15.2. The predicted molar refractivity (Wildman–Crippen MR) is 100 cm³/mol. The van der Waals surface area contributed by atoms with Crippen molar-refractivity contribution in [1.82, 2.24) is 9.88 Å². The molecule has 0 N–H and O–H groups in total. The first-order valence-corrected chi connectivity index (χ1v) is 8.97. The first-order chi connectivity index (χ1) is 12.8. The van der Waals surface area contributed by atoms with Gasteiger partial charge in [-0.3, -0.25) is 4.79 Å². The van der Waals surface area contributed by atoms with Crippen LogP contribution in [0.25, 0.3) is 16.3 Å². The third-order valence-electron chi connectivity index (χ3n) is 3.84. The van der Waals surface area contributed by atoms with Crippen molar-refractivity contribution in [3.05, 3.63) is 83.7 Å². The lowest BCUT2D eigenvalue weighted by Crippen LogP contribution is -2.28. The molecular formula is C20H16N2O3S. The van der Waals surface area contributed by atoms with E-state index < -0.39 is 0 Å². The summed E-state index contributed by atoms with van der Waals surface area (Å²) < 4.78 is 11.9. The first-order valence-electron chi connectivity index (χ1n) is 8.15. The number of benzene rings is 1. The van der Waals surface area contributed by atoms with E-state index in [1.807, 2.05) is 48.5 Å². The lowest BCUT2D eigenvalue weighted by atomic mass is 10.3. The molecule has 130 valence electrons. The molecule has 0 unspecified atom stereocenters. The lowest BCUT2D eigenvalue weighted by Gasteiger charge is -2.18. The van der Waals surface area contributed by atoms with E-state index in [0.717, 1.165) is 26.7 Å². The van der Waals surface area contributed by atoms with Crippen molar-refractivity contribution in [2.75, 3.05) is 0 Å². The fraction of sp³-hybridized carbons (Fsp3) is 0.100. The van der Waals surface area contributed by atoms with Gasteiger partial charge in [0.15, 0.2) is 0 Å². The summed E-state index contributed by atoms with van der Waals surface area (Å²) in [7, 11) is 0. The van der Waals surface area contributed by atoms with Crippen LogP contribution in [0.15, 0.2) is 76.0 Å². The van der Waals surface area contributed by atoms with Gasteiger partial charge >= 0.3 is 0 Å². The molecule has 3 aromatic heterocycles. The summed E-state index contributed by atoms with van der Waals surface area (Å²) in [5.41, 5.74) is 0.938. The van der Waals surface area contributed by atoms with E-state index in [0.29, 0.717) is 13.1 Å². The van der Waals surface area contributed by atoms with Crippen molar-refractivity contribution in [2.24, 2.45) is 0 Å². The van der Waals surface area contributed by atoms with E-state index in [1.54, 1.807) is 40.9 Å². The van der Waals surface area contributed by atoms with Crippen molar-refractivity contribution in [3.63, 3.8) is 0 Å². The van der Waals surface area contributed by atoms with Gasteiger partial charge in [-0.25, -0.2) is 4.98 Å². The van der Waals surface area contributed by atoms with Crippen LogP contribution in [0.2, 0.25) is 0 Å². The van der Waals surface area contributed by atoms with Gasteiger partial charge in [-0.1, -0.05) is 12.1 Å². The van der Waals surface area contributed by atoms with E-state index >= 15 is 0 Å². The molecule has 0 atom stereocenters. The fourth-order valence-electron chi connectivity index (χ4n) is 2.60. The van der Waals surface area contributed by atoms with Gasteiger partial charge in [0.1, 0.15) is 16.5 Å². The Balaban J connectivity index is 1.52. The molecule has 1 amide bonds. The van der Waals surface area contributed by atoms with Gasteiger partial charge in [-0.2, -0.15) is 0 Å². The SMILES string of the molecule is O=C(/C=C/c1nc2ccccc2s1)N(Cc1ccco1)Cc1ccco1. The Morgan fingerprint density at radius 1 is 1.00 bits per heavy atom. The Morgan fingerprint density at radius 2 is 1.69 bits per heavy atom.